The molecule has 0 unspecified atom stereocenters. The third-order valence-electron chi connectivity index (χ3n) is 4.34. The predicted octanol–water partition coefficient (Wildman–Crippen LogP) is 4.40. The van der Waals surface area contributed by atoms with E-state index in [-0.39, 0.29) is 11.4 Å². The monoisotopic (exact) mass is 317 g/mol. The molecule has 0 bridgehead atoms. The molecule has 2 aromatic heterocycles. The standard InChI is InChI=1S/C20H14FN2O/c1-12-9-15-14-10-13(11-22)6-7-17(14)24-20(15)19(21)18(12)16-5-3-4-8-23(16)2/h3-10H,1-2H3/q+1. The van der Waals surface area contributed by atoms with Crippen molar-refractivity contribution in [2.24, 2.45) is 7.05 Å². The molecule has 2 aromatic carbocycles. The first kappa shape index (κ1) is 14.4. The highest BCUT2D eigenvalue weighted by Crippen LogP contribution is 2.36. The zero-order valence-electron chi connectivity index (χ0n) is 13.3. The Morgan fingerprint density at radius 3 is 2.71 bits per heavy atom. The Labute approximate surface area is 138 Å². The molecule has 0 amide bonds. The van der Waals surface area contributed by atoms with Gasteiger partial charge in [0.15, 0.2) is 17.6 Å². The van der Waals surface area contributed by atoms with Crippen LogP contribution in [-0.2, 0) is 7.05 Å². The molecule has 0 saturated heterocycles. The van der Waals surface area contributed by atoms with Crippen molar-refractivity contribution >= 4 is 21.9 Å². The summed E-state index contributed by atoms with van der Waals surface area (Å²) in [5.74, 6) is -0.374. The molecule has 0 atom stereocenters. The molecular weight excluding hydrogens is 303 g/mol. The van der Waals surface area contributed by atoms with E-state index in [2.05, 4.69) is 6.07 Å². The van der Waals surface area contributed by atoms with E-state index in [4.69, 9.17) is 9.68 Å². The summed E-state index contributed by atoms with van der Waals surface area (Å²) in [5, 5.41) is 10.5. The van der Waals surface area contributed by atoms with Gasteiger partial charge in [-0.1, -0.05) is 0 Å². The largest absolute Gasteiger partial charge is 0.453 e. The van der Waals surface area contributed by atoms with Crippen molar-refractivity contribution in [2.45, 2.75) is 6.92 Å². The van der Waals surface area contributed by atoms with Gasteiger partial charge in [0.1, 0.15) is 12.6 Å². The van der Waals surface area contributed by atoms with Gasteiger partial charge in [-0.25, -0.2) is 8.96 Å². The molecule has 24 heavy (non-hydrogen) atoms. The van der Waals surface area contributed by atoms with Crippen LogP contribution in [0.3, 0.4) is 0 Å². The minimum Gasteiger partial charge on any atom is -0.453 e. The maximum absolute atomic E-state index is 15.2. The van der Waals surface area contributed by atoms with Crippen LogP contribution in [0.2, 0.25) is 0 Å². The highest BCUT2D eigenvalue weighted by Gasteiger charge is 2.23. The van der Waals surface area contributed by atoms with Crippen LogP contribution in [-0.4, -0.2) is 0 Å². The molecule has 116 valence electrons. The summed E-state index contributed by atoms with van der Waals surface area (Å²) >= 11 is 0. The van der Waals surface area contributed by atoms with Crippen LogP contribution in [0.25, 0.3) is 33.2 Å². The number of hydrogen-bond donors (Lipinski definition) is 0. The van der Waals surface area contributed by atoms with Gasteiger partial charge in [-0.15, -0.1) is 0 Å². The lowest BCUT2D eigenvalue weighted by atomic mass is 10.00. The Morgan fingerprint density at radius 2 is 1.96 bits per heavy atom. The summed E-state index contributed by atoms with van der Waals surface area (Å²) in [6.07, 6.45) is 1.89. The van der Waals surface area contributed by atoms with Crippen LogP contribution in [0, 0.1) is 24.1 Å². The van der Waals surface area contributed by atoms with Crippen LogP contribution in [0.15, 0.2) is 53.1 Å². The molecule has 0 N–H and O–H groups in total. The van der Waals surface area contributed by atoms with Crippen molar-refractivity contribution in [3.8, 4) is 17.3 Å². The molecule has 0 aliphatic heterocycles. The van der Waals surface area contributed by atoms with Gasteiger partial charge in [-0.2, -0.15) is 5.26 Å². The van der Waals surface area contributed by atoms with E-state index in [1.165, 1.54) is 0 Å². The van der Waals surface area contributed by atoms with E-state index in [1.54, 1.807) is 18.2 Å². The first-order valence-corrected chi connectivity index (χ1v) is 7.60. The summed E-state index contributed by atoms with van der Waals surface area (Å²) < 4.78 is 22.9. The molecule has 4 aromatic rings. The summed E-state index contributed by atoms with van der Waals surface area (Å²) in [6.45, 7) is 1.89. The Balaban J connectivity index is 2.11. The van der Waals surface area contributed by atoms with Gasteiger partial charge in [0.2, 0.25) is 5.69 Å². The first-order valence-electron chi connectivity index (χ1n) is 7.60. The third kappa shape index (κ3) is 1.99. The number of fused-ring (bicyclic) bond motifs is 3. The van der Waals surface area contributed by atoms with E-state index in [9.17, 15) is 0 Å². The number of benzene rings is 2. The van der Waals surface area contributed by atoms with E-state index in [0.717, 1.165) is 16.6 Å². The van der Waals surface area contributed by atoms with Crippen molar-refractivity contribution < 1.29 is 13.4 Å². The number of nitriles is 1. The smallest absolute Gasteiger partial charge is 0.215 e. The van der Waals surface area contributed by atoms with Gasteiger partial charge in [0, 0.05) is 22.9 Å². The topological polar surface area (TPSA) is 40.8 Å². The minimum absolute atomic E-state index is 0.226. The molecule has 0 aliphatic carbocycles. The normalized spacial score (nSPS) is 11.1. The molecule has 0 aliphatic rings. The predicted molar refractivity (Wildman–Crippen MR) is 89.7 cm³/mol. The highest BCUT2D eigenvalue weighted by atomic mass is 19.1. The van der Waals surface area contributed by atoms with Crippen molar-refractivity contribution in [1.82, 2.24) is 0 Å². The molecule has 4 rings (SSSR count). The number of halogens is 1. The molecule has 0 spiro atoms. The van der Waals surface area contributed by atoms with E-state index >= 15 is 4.39 Å². The molecule has 0 fully saturated rings. The second kappa shape index (κ2) is 5.17. The number of aryl methyl sites for hydroxylation is 2. The maximum Gasteiger partial charge on any atom is 0.215 e. The summed E-state index contributed by atoms with van der Waals surface area (Å²) in [7, 11) is 1.89. The second-order valence-corrected chi connectivity index (χ2v) is 5.88. The zero-order chi connectivity index (χ0) is 16.8. The lowest BCUT2D eigenvalue weighted by molar-refractivity contribution is -0.660. The fourth-order valence-corrected chi connectivity index (χ4v) is 3.17. The molecule has 4 heteroatoms. The molecule has 0 radical (unpaired) electrons. The maximum atomic E-state index is 15.2. The Kier molecular flexibility index (Phi) is 3.10. The Hall–Kier alpha value is -3.19. The van der Waals surface area contributed by atoms with Gasteiger partial charge < -0.3 is 4.42 Å². The Morgan fingerprint density at radius 1 is 1.12 bits per heavy atom. The third-order valence-corrected chi connectivity index (χ3v) is 4.34. The van der Waals surface area contributed by atoms with E-state index in [1.807, 2.05) is 49.0 Å². The van der Waals surface area contributed by atoms with Crippen LogP contribution < -0.4 is 4.57 Å². The highest BCUT2D eigenvalue weighted by molar-refractivity contribution is 6.07. The van der Waals surface area contributed by atoms with E-state index in [0.29, 0.717) is 22.1 Å². The number of hydrogen-bond acceptors (Lipinski definition) is 2. The molecular formula is C20H14FN2O+. The average Bonchev–Trinajstić information content (AvgIpc) is 2.94. The van der Waals surface area contributed by atoms with Crippen molar-refractivity contribution in [2.75, 3.05) is 0 Å². The Bertz CT molecular complexity index is 1150. The van der Waals surface area contributed by atoms with E-state index < -0.39 is 0 Å². The number of rotatable bonds is 1. The van der Waals surface area contributed by atoms with Crippen LogP contribution in [0.5, 0.6) is 0 Å². The van der Waals surface area contributed by atoms with Crippen LogP contribution in [0.4, 0.5) is 4.39 Å². The number of aromatic nitrogens is 1. The second-order valence-electron chi connectivity index (χ2n) is 5.88. The average molecular weight is 317 g/mol. The SMILES string of the molecule is Cc1cc2c(oc3ccc(C#N)cc32)c(F)c1-c1cccc[n+]1C. The van der Waals surface area contributed by atoms with Gasteiger partial charge in [-0.3, -0.25) is 0 Å². The van der Waals surface area contributed by atoms with Crippen molar-refractivity contribution in [1.29, 1.82) is 5.26 Å². The molecule has 0 saturated carbocycles. The summed E-state index contributed by atoms with van der Waals surface area (Å²) in [6, 6.07) is 14.8. The van der Waals surface area contributed by atoms with Crippen LogP contribution in [0.1, 0.15) is 11.1 Å². The number of pyridine rings is 1. The van der Waals surface area contributed by atoms with Gasteiger partial charge >= 0.3 is 0 Å². The van der Waals surface area contributed by atoms with Gasteiger partial charge in [0.05, 0.1) is 17.2 Å². The van der Waals surface area contributed by atoms with Crippen molar-refractivity contribution in [3.63, 3.8) is 0 Å². The molecule has 3 nitrogen and oxygen atoms in total. The zero-order valence-corrected chi connectivity index (χ0v) is 13.3. The van der Waals surface area contributed by atoms with Crippen molar-refractivity contribution in [3.05, 3.63) is 65.6 Å². The fraction of sp³-hybridized carbons (Fsp3) is 0.100. The van der Waals surface area contributed by atoms with Crippen LogP contribution >= 0.6 is 0 Å². The van der Waals surface area contributed by atoms with Gasteiger partial charge in [0.25, 0.3) is 0 Å². The summed E-state index contributed by atoms with van der Waals surface area (Å²) in [4.78, 5) is 0. The number of furan rings is 1. The minimum atomic E-state index is -0.374. The quantitative estimate of drug-likeness (QED) is 0.488. The fourth-order valence-electron chi connectivity index (χ4n) is 3.17. The number of nitrogens with zero attached hydrogens (tertiary/aromatic N) is 2. The summed E-state index contributed by atoms with van der Waals surface area (Å²) in [5.41, 5.74) is 3.48. The molecule has 2 heterocycles. The first-order chi connectivity index (χ1) is 11.6. The lowest BCUT2D eigenvalue weighted by Crippen LogP contribution is -2.30. The lowest BCUT2D eigenvalue weighted by Gasteiger charge is -2.06. The van der Waals surface area contributed by atoms with Gasteiger partial charge in [-0.05, 0) is 42.8 Å².